The molecule has 0 aliphatic carbocycles. The van der Waals surface area contributed by atoms with Crippen LogP contribution in [-0.2, 0) is 11.2 Å². The van der Waals surface area contributed by atoms with Crippen LogP contribution in [-0.4, -0.2) is 22.6 Å². The van der Waals surface area contributed by atoms with Gasteiger partial charge in [0, 0.05) is 24.0 Å². The number of aryl methyl sites for hydroxylation is 1. The van der Waals surface area contributed by atoms with E-state index in [1.165, 1.54) is 0 Å². The van der Waals surface area contributed by atoms with Crippen LogP contribution in [0.5, 0.6) is 0 Å². The van der Waals surface area contributed by atoms with E-state index in [1.54, 1.807) is 0 Å². The first-order valence-corrected chi connectivity index (χ1v) is 7.46. The summed E-state index contributed by atoms with van der Waals surface area (Å²) >= 11 is 0. The normalized spacial score (nSPS) is 16.9. The Labute approximate surface area is 124 Å². The van der Waals surface area contributed by atoms with Crippen LogP contribution in [0.15, 0.2) is 30.3 Å². The van der Waals surface area contributed by atoms with Crippen LogP contribution in [0.2, 0.25) is 0 Å². The second-order valence-corrected chi connectivity index (χ2v) is 5.37. The third kappa shape index (κ3) is 2.91. The third-order valence-electron chi connectivity index (χ3n) is 3.80. The molecule has 1 aromatic heterocycles. The first kappa shape index (κ1) is 13.7. The average Bonchev–Trinajstić information content (AvgIpc) is 2.94. The lowest BCUT2D eigenvalue weighted by atomic mass is 9.90. The van der Waals surface area contributed by atoms with E-state index in [0.29, 0.717) is 5.82 Å². The molecular formula is C16H20N4O. The van der Waals surface area contributed by atoms with Crippen LogP contribution in [0.3, 0.4) is 0 Å². The predicted octanol–water partition coefficient (Wildman–Crippen LogP) is 2.90. The molecule has 1 aliphatic rings. The Morgan fingerprint density at radius 2 is 2.29 bits per heavy atom. The number of carbonyl (C=O) groups excluding carboxylic acids is 1. The molecule has 2 heterocycles. The first-order valence-electron chi connectivity index (χ1n) is 7.46. The smallest absolute Gasteiger partial charge is 0.233 e. The fraction of sp³-hybridized carbons (Fsp3) is 0.375. The van der Waals surface area contributed by atoms with E-state index < -0.39 is 0 Å². The van der Waals surface area contributed by atoms with E-state index in [0.717, 1.165) is 42.8 Å². The van der Waals surface area contributed by atoms with Gasteiger partial charge in [-0.2, -0.15) is 5.10 Å². The minimum absolute atomic E-state index is 0.0125. The van der Waals surface area contributed by atoms with Crippen molar-refractivity contribution < 1.29 is 4.79 Å². The van der Waals surface area contributed by atoms with Crippen LogP contribution in [0.4, 0.5) is 11.5 Å². The van der Waals surface area contributed by atoms with Crippen molar-refractivity contribution >= 4 is 17.4 Å². The minimum atomic E-state index is -0.117. The van der Waals surface area contributed by atoms with Gasteiger partial charge in [0.25, 0.3) is 0 Å². The summed E-state index contributed by atoms with van der Waals surface area (Å²) in [6.45, 7) is 2.93. The molecule has 3 rings (SSSR count). The number of benzene rings is 1. The SMILES string of the molecule is CCCc1cc(NC(=O)C2CCNc3ccccc32)n[nH]1. The summed E-state index contributed by atoms with van der Waals surface area (Å²) in [5.74, 6) is 0.506. The van der Waals surface area contributed by atoms with Gasteiger partial charge in [0.15, 0.2) is 5.82 Å². The van der Waals surface area contributed by atoms with Crippen LogP contribution < -0.4 is 10.6 Å². The topological polar surface area (TPSA) is 69.8 Å². The highest BCUT2D eigenvalue weighted by molar-refractivity contribution is 5.96. The lowest BCUT2D eigenvalue weighted by Crippen LogP contribution is -2.27. The second kappa shape index (κ2) is 5.99. The predicted molar refractivity (Wildman–Crippen MR) is 83.5 cm³/mol. The molecule has 0 radical (unpaired) electrons. The van der Waals surface area contributed by atoms with Crippen molar-refractivity contribution in [2.75, 3.05) is 17.2 Å². The standard InChI is InChI=1S/C16H20N4O/c1-2-5-11-10-15(20-19-11)18-16(21)13-8-9-17-14-7-4-3-6-12(13)14/h3-4,6-7,10,13,17H,2,5,8-9H2,1H3,(H2,18,19,20,21). The van der Waals surface area contributed by atoms with Gasteiger partial charge in [-0.3, -0.25) is 9.89 Å². The van der Waals surface area contributed by atoms with Crippen LogP contribution >= 0.6 is 0 Å². The highest BCUT2D eigenvalue weighted by Gasteiger charge is 2.26. The number of amides is 1. The summed E-state index contributed by atoms with van der Waals surface area (Å²) in [7, 11) is 0. The summed E-state index contributed by atoms with van der Waals surface area (Å²) in [5, 5.41) is 13.4. The van der Waals surface area contributed by atoms with Gasteiger partial charge < -0.3 is 10.6 Å². The van der Waals surface area contributed by atoms with Crippen molar-refractivity contribution in [1.29, 1.82) is 0 Å². The molecule has 1 atom stereocenters. The van der Waals surface area contributed by atoms with Gasteiger partial charge in [-0.15, -0.1) is 0 Å². The van der Waals surface area contributed by atoms with Crippen molar-refractivity contribution in [3.63, 3.8) is 0 Å². The molecule has 1 unspecified atom stereocenters. The number of rotatable bonds is 4. The number of carbonyl (C=O) groups is 1. The molecule has 110 valence electrons. The Kier molecular flexibility index (Phi) is 3.90. The molecule has 2 aromatic rings. The number of nitrogens with zero attached hydrogens (tertiary/aromatic N) is 1. The van der Waals surface area contributed by atoms with E-state index in [2.05, 4.69) is 27.8 Å². The number of hydrogen-bond acceptors (Lipinski definition) is 3. The van der Waals surface area contributed by atoms with Gasteiger partial charge >= 0.3 is 0 Å². The van der Waals surface area contributed by atoms with Crippen molar-refractivity contribution in [3.05, 3.63) is 41.6 Å². The Morgan fingerprint density at radius 3 is 3.14 bits per heavy atom. The molecule has 3 N–H and O–H groups in total. The van der Waals surface area contributed by atoms with Crippen molar-refractivity contribution in [1.82, 2.24) is 10.2 Å². The fourth-order valence-electron chi connectivity index (χ4n) is 2.78. The van der Waals surface area contributed by atoms with Crippen molar-refractivity contribution in [2.45, 2.75) is 32.1 Å². The number of H-pyrrole nitrogens is 1. The summed E-state index contributed by atoms with van der Waals surface area (Å²) < 4.78 is 0. The maximum Gasteiger partial charge on any atom is 0.233 e. The highest BCUT2D eigenvalue weighted by Crippen LogP contribution is 2.32. The number of aromatic nitrogens is 2. The fourth-order valence-corrected chi connectivity index (χ4v) is 2.78. The average molecular weight is 284 g/mol. The third-order valence-corrected chi connectivity index (χ3v) is 3.80. The van der Waals surface area contributed by atoms with Crippen LogP contribution in [0.25, 0.3) is 0 Å². The summed E-state index contributed by atoms with van der Waals surface area (Å²) in [6, 6.07) is 9.90. The largest absolute Gasteiger partial charge is 0.385 e. The van der Waals surface area contributed by atoms with Gasteiger partial charge in [-0.05, 0) is 24.5 Å². The maximum absolute atomic E-state index is 12.5. The quantitative estimate of drug-likeness (QED) is 0.808. The Bertz CT molecular complexity index is 635. The molecule has 0 spiro atoms. The second-order valence-electron chi connectivity index (χ2n) is 5.37. The number of hydrogen-bond donors (Lipinski definition) is 3. The number of para-hydroxylation sites is 1. The summed E-state index contributed by atoms with van der Waals surface area (Å²) in [6.07, 6.45) is 2.80. The molecule has 0 saturated heterocycles. The van der Waals surface area contributed by atoms with Crippen LogP contribution in [0, 0.1) is 0 Å². The number of anilines is 2. The molecule has 0 saturated carbocycles. The lowest BCUT2D eigenvalue weighted by Gasteiger charge is -2.25. The molecule has 21 heavy (non-hydrogen) atoms. The molecule has 0 fully saturated rings. The molecule has 5 heteroatoms. The first-order chi connectivity index (χ1) is 10.3. The molecular weight excluding hydrogens is 264 g/mol. The Balaban J connectivity index is 1.74. The molecule has 5 nitrogen and oxygen atoms in total. The zero-order valence-electron chi connectivity index (χ0n) is 12.1. The summed E-state index contributed by atoms with van der Waals surface area (Å²) in [4.78, 5) is 12.5. The zero-order valence-corrected chi connectivity index (χ0v) is 12.1. The van der Waals surface area contributed by atoms with Crippen LogP contribution in [0.1, 0.15) is 36.9 Å². The minimum Gasteiger partial charge on any atom is -0.385 e. The van der Waals surface area contributed by atoms with Crippen molar-refractivity contribution in [3.8, 4) is 0 Å². The zero-order chi connectivity index (χ0) is 14.7. The van der Waals surface area contributed by atoms with E-state index in [9.17, 15) is 4.79 Å². The number of aromatic amines is 1. The Hall–Kier alpha value is -2.30. The van der Waals surface area contributed by atoms with E-state index in [4.69, 9.17) is 0 Å². The van der Waals surface area contributed by atoms with E-state index in [1.807, 2.05) is 30.3 Å². The number of fused-ring (bicyclic) bond motifs is 1. The Morgan fingerprint density at radius 1 is 1.43 bits per heavy atom. The van der Waals surface area contributed by atoms with Gasteiger partial charge in [-0.25, -0.2) is 0 Å². The van der Waals surface area contributed by atoms with E-state index >= 15 is 0 Å². The monoisotopic (exact) mass is 284 g/mol. The van der Waals surface area contributed by atoms with Gasteiger partial charge in [0.1, 0.15) is 0 Å². The highest BCUT2D eigenvalue weighted by atomic mass is 16.2. The van der Waals surface area contributed by atoms with Gasteiger partial charge in [0.05, 0.1) is 5.92 Å². The van der Waals surface area contributed by atoms with Gasteiger partial charge in [0.2, 0.25) is 5.91 Å². The molecule has 1 aromatic carbocycles. The maximum atomic E-state index is 12.5. The molecule has 0 bridgehead atoms. The van der Waals surface area contributed by atoms with Gasteiger partial charge in [-0.1, -0.05) is 31.5 Å². The molecule has 1 amide bonds. The lowest BCUT2D eigenvalue weighted by molar-refractivity contribution is -0.117. The molecule has 1 aliphatic heterocycles. The van der Waals surface area contributed by atoms with E-state index in [-0.39, 0.29) is 11.8 Å². The summed E-state index contributed by atoms with van der Waals surface area (Å²) in [5.41, 5.74) is 3.17. The number of nitrogens with one attached hydrogen (secondary N) is 3. The van der Waals surface area contributed by atoms with Crippen molar-refractivity contribution in [2.24, 2.45) is 0 Å².